The van der Waals surface area contributed by atoms with Crippen LogP contribution in [0.4, 0.5) is 0 Å². The Morgan fingerprint density at radius 3 is 2.19 bits per heavy atom. The van der Waals surface area contributed by atoms with Gasteiger partial charge in [0.2, 0.25) is 15.9 Å². The summed E-state index contributed by atoms with van der Waals surface area (Å²) in [6.45, 7) is 6.74. The topological polar surface area (TPSA) is 75.3 Å². The Kier molecular flexibility index (Phi) is 7.89. The fourth-order valence-corrected chi connectivity index (χ4v) is 6.20. The Hall–Kier alpha value is -2.18. The van der Waals surface area contributed by atoms with Crippen LogP contribution >= 0.6 is 0 Å². The van der Waals surface area contributed by atoms with Gasteiger partial charge in [0.1, 0.15) is 0 Å². The Morgan fingerprint density at radius 1 is 0.968 bits per heavy atom. The van der Waals surface area contributed by atoms with Crippen LogP contribution < -0.4 is 10.0 Å². The minimum atomic E-state index is -3.54. The highest BCUT2D eigenvalue weighted by Crippen LogP contribution is 2.29. The molecule has 0 aliphatic heterocycles. The van der Waals surface area contributed by atoms with Crippen molar-refractivity contribution in [2.24, 2.45) is 11.8 Å². The van der Waals surface area contributed by atoms with Gasteiger partial charge in [-0.2, -0.15) is 0 Å². The summed E-state index contributed by atoms with van der Waals surface area (Å²) in [5, 5.41) is 3.06. The molecular formula is C25H34N2O3S. The number of rotatable bonds is 8. The second-order valence-corrected chi connectivity index (χ2v) is 10.5. The maximum atomic E-state index is 12.9. The molecule has 1 fully saturated rings. The number of carbonyl (C=O) groups excluding carboxylic acids is 1. The van der Waals surface area contributed by atoms with Gasteiger partial charge < -0.3 is 5.32 Å². The van der Waals surface area contributed by atoms with Crippen molar-refractivity contribution in [1.82, 2.24) is 10.0 Å². The van der Waals surface area contributed by atoms with Crippen LogP contribution in [0.3, 0.4) is 0 Å². The Bertz CT molecular complexity index is 972. The Morgan fingerprint density at radius 2 is 1.58 bits per heavy atom. The van der Waals surface area contributed by atoms with Gasteiger partial charge in [0.25, 0.3) is 0 Å². The molecule has 6 heteroatoms. The molecule has 168 valence electrons. The fourth-order valence-electron chi connectivity index (χ4n) is 4.64. The lowest BCUT2D eigenvalue weighted by molar-refractivity contribution is -0.126. The van der Waals surface area contributed by atoms with Gasteiger partial charge in [-0.15, -0.1) is 0 Å². The van der Waals surface area contributed by atoms with E-state index in [1.807, 2.05) is 51.1 Å². The number of hydrogen-bond donors (Lipinski definition) is 2. The van der Waals surface area contributed by atoms with E-state index in [4.69, 9.17) is 0 Å². The molecule has 0 bridgehead atoms. The smallest absolute Gasteiger partial charge is 0.241 e. The minimum absolute atomic E-state index is 0.0326. The number of hydrogen-bond acceptors (Lipinski definition) is 3. The zero-order valence-corrected chi connectivity index (χ0v) is 19.6. The number of sulfonamides is 1. The van der Waals surface area contributed by atoms with Gasteiger partial charge >= 0.3 is 0 Å². The molecule has 2 aromatic carbocycles. The quantitative estimate of drug-likeness (QED) is 0.647. The average molecular weight is 443 g/mol. The zero-order valence-electron chi connectivity index (χ0n) is 18.8. The number of carbonyl (C=O) groups is 1. The summed E-state index contributed by atoms with van der Waals surface area (Å²) in [7, 11) is -3.54. The Labute approximate surface area is 186 Å². The highest BCUT2D eigenvalue weighted by Gasteiger charge is 2.28. The summed E-state index contributed by atoms with van der Waals surface area (Å²) < 4.78 is 28.5. The molecule has 3 rings (SSSR count). The summed E-state index contributed by atoms with van der Waals surface area (Å²) in [5.41, 5.74) is 3.84. The van der Waals surface area contributed by atoms with E-state index < -0.39 is 10.0 Å². The maximum Gasteiger partial charge on any atom is 0.241 e. The second kappa shape index (κ2) is 10.4. The zero-order chi connectivity index (χ0) is 22.4. The summed E-state index contributed by atoms with van der Waals surface area (Å²) >= 11 is 0. The van der Waals surface area contributed by atoms with Crippen LogP contribution in [0.2, 0.25) is 0 Å². The molecule has 0 heterocycles. The van der Waals surface area contributed by atoms with E-state index in [9.17, 15) is 13.2 Å². The standard InChI is InChI=1S/C25H34N2O3S/c1-18-15-19(2)24(20(3)16-18)31(29,30)27-17-22-9-11-23(12-10-22)25(28)26-14-13-21-7-5-4-6-8-21/h4-8,15-16,22-23,27H,9-14,17H2,1-3H3,(H,26,28). The molecule has 1 saturated carbocycles. The molecule has 2 N–H and O–H groups in total. The van der Waals surface area contributed by atoms with Crippen LogP contribution in [0.5, 0.6) is 0 Å². The molecular weight excluding hydrogens is 408 g/mol. The highest BCUT2D eigenvalue weighted by molar-refractivity contribution is 7.89. The van der Waals surface area contributed by atoms with Crippen LogP contribution in [0.15, 0.2) is 47.4 Å². The van der Waals surface area contributed by atoms with Crippen molar-refractivity contribution in [2.45, 2.75) is 57.8 Å². The SMILES string of the molecule is Cc1cc(C)c(S(=O)(=O)NCC2CCC(C(=O)NCCc3ccccc3)CC2)c(C)c1. The first-order valence-corrected chi connectivity index (χ1v) is 12.6. The molecule has 0 unspecified atom stereocenters. The van der Waals surface area contributed by atoms with Crippen molar-refractivity contribution in [3.63, 3.8) is 0 Å². The normalized spacial score (nSPS) is 19.2. The van der Waals surface area contributed by atoms with Gasteiger partial charge in [-0.05, 0) is 75.5 Å². The van der Waals surface area contributed by atoms with Gasteiger partial charge in [-0.3, -0.25) is 4.79 Å². The van der Waals surface area contributed by atoms with E-state index in [0.717, 1.165) is 48.8 Å². The van der Waals surface area contributed by atoms with Crippen LogP contribution in [0, 0.1) is 32.6 Å². The van der Waals surface area contributed by atoms with Crippen molar-refractivity contribution in [2.75, 3.05) is 13.1 Å². The van der Waals surface area contributed by atoms with Crippen LogP contribution in [0.1, 0.15) is 47.9 Å². The summed E-state index contributed by atoms with van der Waals surface area (Å²) in [4.78, 5) is 12.9. The fraction of sp³-hybridized carbons (Fsp3) is 0.480. The molecule has 0 spiro atoms. The summed E-state index contributed by atoms with van der Waals surface area (Å²) in [6, 6.07) is 14.0. The first kappa shape index (κ1) is 23.5. The molecule has 5 nitrogen and oxygen atoms in total. The molecule has 31 heavy (non-hydrogen) atoms. The third-order valence-corrected chi connectivity index (χ3v) is 7.94. The largest absolute Gasteiger partial charge is 0.356 e. The molecule has 0 saturated heterocycles. The van der Waals surface area contributed by atoms with Crippen LogP contribution in [-0.4, -0.2) is 27.4 Å². The predicted molar refractivity (Wildman–Crippen MR) is 124 cm³/mol. The van der Waals surface area contributed by atoms with Gasteiger partial charge in [0, 0.05) is 19.0 Å². The minimum Gasteiger partial charge on any atom is -0.356 e. The van der Waals surface area contributed by atoms with E-state index >= 15 is 0 Å². The predicted octanol–water partition coefficient (Wildman–Crippen LogP) is 4.06. The van der Waals surface area contributed by atoms with E-state index in [1.54, 1.807) is 0 Å². The van der Waals surface area contributed by atoms with Gasteiger partial charge in [0.05, 0.1) is 4.90 Å². The van der Waals surface area contributed by atoms with Crippen molar-refractivity contribution < 1.29 is 13.2 Å². The lowest BCUT2D eigenvalue weighted by Crippen LogP contribution is -2.37. The monoisotopic (exact) mass is 442 g/mol. The second-order valence-electron chi connectivity index (χ2n) is 8.82. The summed E-state index contributed by atoms with van der Waals surface area (Å²) in [5.74, 6) is 0.431. The van der Waals surface area contributed by atoms with Crippen molar-refractivity contribution in [3.8, 4) is 0 Å². The average Bonchev–Trinajstić information content (AvgIpc) is 2.72. The van der Waals surface area contributed by atoms with E-state index in [2.05, 4.69) is 22.2 Å². The maximum absolute atomic E-state index is 12.9. The number of aryl methyl sites for hydroxylation is 3. The Balaban J connectivity index is 1.44. The molecule has 1 aliphatic carbocycles. The third kappa shape index (κ3) is 6.40. The third-order valence-electron chi connectivity index (χ3n) is 6.21. The van der Waals surface area contributed by atoms with Crippen molar-refractivity contribution >= 4 is 15.9 Å². The summed E-state index contributed by atoms with van der Waals surface area (Å²) in [6.07, 6.45) is 4.19. The number of nitrogens with one attached hydrogen (secondary N) is 2. The molecule has 0 radical (unpaired) electrons. The highest BCUT2D eigenvalue weighted by atomic mass is 32.2. The molecule has 1 aliphatic rings. The van der Waals surface area contributed by atoms with E-state index in [0.29, 0.717) is 18.0 Å². The van der Waals surface area contributed by atoms with Crippen LogP contribution in [-0.2, 0) is 21.2 Å². The number of benzene rings is 2. The van der Waals surface area contributed by atoms with E-state index in [-0.39, 0.29) is 17.7 Å². The van der Waals surface area contributed by atoms with Crippen molar-refractivity contribution in [3.05, 3.63) is 64.7 Å². The molecule has 0 aromatic heterocycles. The van der Waals surface area contributed by atoms with Gasteiger partial charge in [-0.25, -0.2) is 13.1 Å². The lowest BCUT2D eigenvalue weighted by Gasteiger charge is -2.28. The first-order chi connectivity index (χ1) is 14.8. The van der Waals surface area contributed by atoms with Gasteiger partial charge in [0.15, 0.2) is 0 Å². The van der Waals surface area contributed by atoms with Crippen LogP contribution in [0.25, 0.3) is 0 Å². The molecule has 1 amide bonds. The number of amides is 1. The lowest BCUT2D eigenvalue weighted by atomic mass is 9.81. The van der Waals surface area contributed by atoms with Gasteiger partial charge in [-0.1, -0.05) is 48.0 Å². The van der Waals surface area contributed by atoms with Crippen molar-refractivity contribution in [1.29, 1.82) is 0 Å². The van der Waals surface area contributed by atoms with E-state index in [1.165, 1.54) is 5.56 Å². The first-order valence-electron chi connectivity index (χ1n) is 11.2. The molecule has 2 aromatic rings. The molecule has 0 atom stereocenters.